The normalized spacial score (nSPS) is 11.3. The number of rotatable bonds is 7. The zero-order valence-electron chi connectivity index (χ0n) is 15.3. The van der Waals surface area contributed by atoms with E-state index < -0.39 is 5.97 Å². The molecule has 28 heavy (non-hydrogen) atoms. The Labute approximate surface area is 175 Å². The number of hydrogen-bond donors (Lipinski definition) is 0. The molecule has 0 atom stereocenters. The molecule has 0 spiro atoms. The number of benzene rings is 2. The predicted octanol–water partition coefficient (Wildman–Crippen LogP) is 4.45. The van der Waals surface area contributed by atoms with Gasteiger partial charge in [-0.05, 0) is 35.9 Å². The summed E-state index contributed by atoms with van der Waals surface area (Å²) in [6.07, 6.45) is 1.92. The van der Waals surface area contributed by atoms with Crippen LogP contribution in [0.1, 0.15) is 11.1 Å². The SMILES string of the molecule is CO/N=C(/C(=O)OC)c1ccccc1CSc1ccn(-c2ccc(Br)cc2)n1. The lowest BCUT2D eigenvalue weighted by Gasteiger charge is -2.09. The van der Waals surface area contributed by atoms with E-state index in [-0.39, 0.29) is 5.71 Å². The zero-order valence-corrected chi connectivity index (χ0v) is 17.7. The molecule has 0 radical (unpaired) electrons. The Hall–Kier alpha value is -2.58. The highest BCUT2D eigenvalue weighted by Crippen LogP contribution is 2.25. The van der Waals surface area contributed by atoms with Crippen LogP contribution in [0.2, 0.25) is 0 Å². The molecule has 0 unspecified atom stereocenters. The van der Waals surface area contributed by atoms with Crippen molar-refractivity contribution in [1.29, 1.82) is 0 Å². The van der Waals surface area contributed by atoms with Crippen LogP contribution in [0, 0.1) is 0 Å². The van der Waals surface area contributed by atoms with Crippen molar-refractivity contribution in [2.24, 2.45) is 5.16 Å². The van der Waals surface area contributed by atoms with Crippen LogP contribution >= 0.6 is 27.7 Å². The molecule has 2 aromatic carbocycles. The number of methoxy groups -OCH3 is 1. The van der Waals surface area contributed by atoms with E-state index in [1.807, 2.05) is 65.5 Å². The fourth-order valence-corrected chi connectivity index (χ4v) is 3.66. The molecule has 8 heteroatoms. The van der Waals surface area contributed by atoms with E-state index in [1.165, 1.54) is 14.2 Å². The van der Waals surface area contributed by atoms with Crippen LogP contribution in [0.3, 0.4) is 0 Å². The molecule has 0 aliphatic carbocycles. The van der Waals surface area contributed by atoms with Gasteiger partial charge in [-0.3, -0.25) is 0 Å². The van der Waals surface area contributed by atoms with E-state index in [9.17, 15) is 4.79 Å². The third-order valence-electron chi connectivity index (χ3n) is 3.87. The van der Waals surface area contributed by atoms with Crippen molar-refractivity contribution in [1.82, 2.24) is 9.78 Å². The second-order valence-corrected chi connectivity index (χ2v) is 7.55. The molecule has 0 aliphatic heterocycles. The minimum atomic E-state index is -0.543. The first-order chi connectivity index (χ1) is 13.6. The lowest BCUT2D eigenvalue weighted by molar-refractivity contribution is -0.132. The zero-order chi connectivity index (χ0) is 19.9. The van der Waals surface area contributed by atoms with Crippen LogP contribution in [0.4, 0.5) is 0 Å². The van der Waals surface area contributed by atoms with Gasteiger partial charge in [0, 0.05) is 22.0 Å². The molecular formula is C20H18BrN3O3S. The Bertz CT molecular complexity index is 986. The van der Waals surface area contributed by atoms with Crippen LogP contribution < -0.4 is 0 Å². The summed E-state index contributed by atoms with van der Waals surface area (Å²) in [4.78, 5) is 16.9. The Kier molecular flexibility index (Phi) is 6.89. The summed E-state index contributed by atoms with van der Waals surface area (Å²) >= 11 is 5.01. The van der Waals surface area contributed by atoms with E-state index >= 15 is 0 Å². The van der Waals surface area contributed by atoms with Gasteiger partial charge in [0.1, 0.15) is 12.1 Å². The molecule has 144 valence electrons. The van der Waals surface area contributed by atoms with Gasteiger partial charge in [0.05, 0.1) is 12.8 Å². The largest absolute Gasteiger partial charge is 0.464 e. The van der Waals surface area contributed by atoms with Gasteiger partial charge in [-0.2, -0.15) is 5.10 Å². The molecular weight excluding hydrogens is 442 g/mol. The quantitative estimate of drug-likeness (QED) is 0.226. The fraction of sp³-hybridized carbons (Fsp3) is 0.150. The van der Waals surface area contributed by atoms with Crippen LogP contribution in [-0.2, 0) is 20.1 Å². The van der Waals surface area contributed by atoms with Crippen LogP contribution in [-0.4, -0.2) is 35.7 Å². The number of carbonyl (C=O) groups excluding carboxylic acids is 1. The Morgan fingerprint density at radius 2 is 1.89 bits per heavy atom. The fourth-order valence-electron chi connectivity index (χ4n) is 2.54. The molecule has 0 bridgehead atoms. The first-order valence-corrected chi connectivity index (χ1v) is 10.1. The summed E-state index contributed by atoms with van der Waals surface area (Å²) in [5, 5.41) is 9.32. The minimum absolute atomic E-state index is 0.140. The molecule has 0 N–H and O–H groups in total. The number of aromatic nitrogens is 2. The van der Waals surface area contributed by atoms with E-state index in [1.54, 1.807) is 11.8 Å². The van der Waals surface area contributed by atoms with Crippen molar-refractivity contribution in [2.45, 2.75) is 10.8 Å². The summed E-state index contributed by atoms with van der Waals surface area (Å²) in [6.45, 7) is 0. The molecule has 3 rings (SSSR count). The van der Waals surface area contributed by atoms with E-state index in [0.717, 1.165) is 20.7 Å². The average molecular weight is 460 g/mol. The second kappa shape index (κ2) is 9.57. The van der Waals surface area contributed by atoms with Gasteiger partial charge in [0.15, 0.2) is 5.71 Å². The standard InChI is InChI=1S/C20H18BrN3O3S/c1-26-20(25)19(23-27-2)17-6-4-3-5-14(17)13-28-18-11-12-24(22-18)16-9-7-15(21)8-10-16/h3-12H,13H2,1-2H3/b23-19+. The molecule has 1 heterocycles. The molecule has 6 nitrogen and oxygen atoms in total. The minimum Gasteiger partial charge on any atom is -0.464 e. The lowest BCUT2D eigenvalue weighted by atomic mass is 10.0. The number of oxime groups is 1. The number of esters is 1. The van der Waals surface area contributed by atoms with Crippen molar-refractivity contribution in [3.05, 3.63) is 76.4 Å². The summed E-state index contributed by atoms with van der Waals surface area (Å²) < 4.78 is 7.67. The van der Waals surface area contributed by atoms with Gasteiger partial charge in [0.25, 0.3) is 0 Å². The molecule has 0 aliphatic rings. The van der Waals surface area contributed by atoms with Crippen molar-refractivity contribution < 1.29 is 14.4 Å². The Morgan fingerprint density at radius 3 is 2.61 bits per heavy atom. The summed E-state index contributed by atoms with van der Waals surface area (Å²) in [5.41, 5.74) is 2.74. The van der Waals surface area contributed by atoms with E-state index in [4.69, 9.17) is 9.57 Å². The summed E-state index contributed by atoms with van der Waals surface area (Å²) in [7, 11) is 2.72. The molecule has 0 amide bonds. The van der Waals surface area contributed by atoms with Crippen molar-refractivity contribution in [3.63, 3.8) is 0 Å². The topological polar surface area (TPSA) is 65.7 Å². The van der Waals surface area contributed by atoms with Crippen molar-refractivity contribution >= 4 is 39.4 Å². The van der Waals surface area contributed by atoms with Crippen LogP contribution in [0.5, 0.6) is 0 Å². The molecule has 0 saturated heterocycles. The highest BCUT2D eigenvalue weighted by molar-refractivity contribution is 9.10. The van der Waals surface area contributed by atoms with Gasteiger partial charge in [-0.15, -0.1) is 0 Å². The van der Waals surface area contributed by atoms with Crippen molar-refractivity contribution in [3.8, 4) is 5.69 Å². The lowest BCUT2D eigenvalue weighted by Crippen LogP contribution is -2.19. The molecule has 0 saturated carbocycles. The number of ether oxygens (including phenoxy) is 1. The molecule has 3 aromatic rings. The highest BCUT2D eigenvalue weighted by atomic mass is 79.9. The smallest absolute Gasteiger partial charge is 0.360 e. The number of hydrogen-bond acceptors (Lipinski definition) is 6. The maximum absolute atomic E-state index is 12.1. The predicted molar refractivity (Wildman–Crippen MR) is 113 cm³/mol. The van der Waals surface area contributed by atoms with Crippen molar-refractivity contribution in [2.75, 3.05) is 14.2 Å². The third-order valence-corrected chi connectivity index (χ3v) is 5.36. The van der Waals surface area contributed by atoms with Gasteiger partial charge in [-0.1, -0.05) is 57.1 Å². The Morgan fingerprint density at radius 1 is 1.14 bits per heavy atom. The average Bonchev–Trinajstić information content (AvgIpc) is 3.20. The maximum Gasteiger partial charge on any atom is 0.360 e. The number of carbonyl (C=O) groups is 1. The van der Waals surface area contributed by atoms with E-state index in [2.05, 4.69) is 26.2 Å². The number of nitrogens with zero attached hydrogens (tertiary/aromatic N) is 3. The Balaban J connectivity index is 1.78. The van der Waals surface area contributed by atoms with Gasteiger partial charge in [-0.25, -0.2) is 9.48 Å². The second-order valence-electron chi connectivity index (χ2n) is 5.63. The summed E-state index contributed by atoms with van der Waals surface area (Å²) in [6, 6.07) is 17.4. The number of halogens is 1. The van der Waals surface area contributed by atoms with Gasteiger partial charge < -0.3 is 9.57 Å². The first kappa shape index (κ1) is 20.2. The van der Waals surface area contributed by atoms with Gasteiger partial charge >= 0.3 is 5.97 Å². The molecule has 0 fully saturated rings. The highest BCUT2D eigenvalue weighted by Gasteiger charge is 2.19. The maximum atomic E-state index is 12.1. The summed E-state index contributed by atoms with van der Waals surface area (Å²) in [5.74, 6) is 0.0755. The first-order valence-electron chi connectivity index (χ1n) is 8.34. The third kappa shape index (κ3) is 4.82. The van der Waals surface area contributed by atoms with Gasteiger partial charge in [0.2, 0.25) is 0 Å². The monoisotopic (exact) mass is 459 g/mol. The van der Waals surface area contributed by atoms with Crippen LogP contribution in [0.25, 0.3) is 5.69 Å². The number of thioether (sulfide) groups is 1. The molecule has 1 aromatic heterocycles. The van der Waals surface area contributed by atoms with E-state index in [0.29, 0.717) is 11.3 Å². The van der Waals surface area contributed by atoms with Crippen LogP contribution in [0.15, 0.2) is 75.4 Å².